The standard InChI is InChI=1S/C20H15BrFIN2O4S/c1-2-28-17(26)10-29-18-14(21)7-11(8-15(18)23)9-16-19(27)25-20(30-16)24-13-5-3-12(22)4-6-13/h3-9H,2,10H2,1H3,(H,24,25,27)/b16-9-. The molecule has 0 bridgehead atoms. The Labute approximate surface area is 198 Å². The van der Waals surface area contributed by atoms with Gasteiger partial charge in [-0.3, -0.25) is 4.79 Å². The summed E-state index contributed by atoms with van der Waals surface area (Å²) in [6.45, 7) is 1.83. The van der Waals surface area contributed by atoms with Gasteiger partial charge in [-0.25, -0.2) is 14.2 Å². The van der Waals surface area contributed by atoms with E-state index in [1.165, 1.54) is 36.0 Å². The number of carbonyl (C=O) groups is 2. The molecule has 6 nitrogen and oxygen atoms in total. The second kappa shape index (κ2) is 10.4. The summed E-state index contributed by atoms with van der Waals surface area (Å²) in [5, 5.41) is 3.11. The summed E-state index contributed by atoms with van der Waals surface area (Å²) in [5.41, 5.74) is 1.32. The van der Waals surface area contributed by atoms with E-state index in [1.54, 1.807) is 19.1 Å². The van der Waals surface area contributed by atoms with Crippen LogP contribution in [-0.4, -0.2) is 30.3 Å². The second-order valence-corrected chi connectivity index (χ2v) is 8.91. The fraction of sp³-hybridized carbons (Fsp3) is 0.150. The third-order valence-corrected chi connectivity index (χ3v) is 5.97. The summed E-state index contributed by atoms with van der Waals surface area (Å²) in [7, 11) is 0. The Morgan fingerprint density at radius 1 is 1.33 bits per heavy atom. The van der Waals surface area contributed by atoms with E-state index in [-0.39, 0.29) is 18.3 Å². The van der Waals surface area contributed by atoms with Crippen molar-refractivity contribution in [2.45, 2.75) is 6.92 Å². The molecule has 0 spiro atoms. The van der Waals surface area contributed by atoms with Gasteiger partial charge in [-0.05, 0) is 105 Å². The zero-order valence-corrected chi connectivity index (χ0v) is 20.1. The van der Waals surface area contributed by atoms with Gasteiger partial charge in [0.25, 0.3) is 5.91 Å². The normalized spacial score (nSPS) is 16.1. The molecule has 1 aliphatic rings. The first-order valence-electron chi connectivity index (χ1n) is 8.68. The predicted molar refractivity (Wildman–Crippen MR) is 126 cm³/mol. The van der Waals surface area contributed by atoms with Crippen molar-refractivity contribution in [3.05, 3.63) is 60.7 Å². The van der Waals surface area contributed by atoms with Gasteiger partial charge in [0.2, 0.25) is 0 Å². The number of halogens is 3. The van der Waals surface area contributed by atoms with Crippen molar-refractivity contribution in [3.63, 3.8) is 0 Å². The molecular weight excluding hydrogens is 590 g/mol. The monoisotopic (exact) mass is 604 g/mol. The molecule has 1 N–H and O–H groups in total. The van der Waals surface area contributed by atoms with Crippen LogP contribution in [0.1, 0.15) is 12.5 Å². The lowest BCUT2D eigenvalue weighted by atomic mass is 10.2. The number of thioether (sulfide) groups is 1. The van der Waals surface area contributed by atoms with Crippen molar-refractivity contribution in [1.29, 1.82) is 0 Å². The number of hydrogen-bond donors (Lipinski definition) is 1. The number of nitrogens with zero attached hydrogens (tertiary/aromatic N) is 1. The van der Waals surface area contributed by atoms with Crippen LogP contribution in [0.15, 0.2) is 50.8 Å². The topological polar surface area (TPSA) is 77.0 Å². The molecule has 156 valence electrons. The average Bonchev–Trinajstić information content (AvgIpc) is 3.02. The van der Waals surface area contributed by atoms with E-state index in [1.807, 2.05) is 6.07 Å². The Bertz CT molecular complexity index is 1020. The first kappa shape index (κ1) is 22.8. The Morgan fingerprint density at radius 3 is 2.73 bits per heavy atom. The van der Waals surface area contributed by atoms with Gasteiger partial charge in [-0.1, -0.05) is 0 Å². The SMILES string of the molecule is CCOC(=O)COc1c(Br)cc(/C=C2\SC(=Nc3ccc(F)cc3)NC2=O)cc1I. The molecule has 0 aliphatic carbocycles. The molecule has 1 saturated heterocycles. The van der Waals surface area contributed by atoms with Crippen molar-refractivity contribution in [3.8, 4) is 5.75 Å². The summed E-state index contributed by atoms with van der Waals surface area (Å²) < 4.78 is 24.8. The molecule has 1 heterocycles. The van der Waals surface area contributed by atoms with E-state index < -0.39 is 5.97 Å². The van der Waals surface area contributed by atoms with E-state index in [0.29, 0.717) is 32.6 Å². The second-order valence-electron chi connectivity index (χ2n) is 5.87. The average molecular weight is 605 g/mol. The van der Waals surface area contributed by atoms with Crippen LogP contribution in [0.5, 0.6) is 5.75 Å². The lowest BCUT2D eigenvalue weighted by Gasteiger charge is -2.11. The number of rotatable bonds is 6. The van der Waals surface area contributed by atoms with Crippen LogP contribution in [0.4, 0.5) is 10.1 Å². The number of amidine groups is 1. The summed E-state index contributed by atoms with van der Waals surface area (Å²) in [6, 6.07) is 9.31. The van der Waals surface area contributed by atoms with Crippen LogP contribution >= 0.6 is 50.3 Å². The van der Waals surface area contributed by atoms with Crippen molar-refractivity contribution < 1.29 is 23.5 Å². The Kier molecular flexibility index (Phi) is 7.89. The molecule has 1 aliphatic heterocycles. The molecule has 3 rings (SSSR count). The molecule has 2 aromatic carbocycles. The summed E-state index contributed by atoms with van der Waals surface area (Å²) in [6.07, 6.45) is 1.73. The van der Waals surface area contributed by atoms with Gasteiger partial charge in [-0.2, -0.15) is 0 Å². The van der Waals surface area contributed by atoms with Crippen molar-refractivity contribution in [2.24, 2.45) is 4.99 Å². The zero-order chi connectivity index (χ0) is 21.7. The van der Waals surface area contributed by atoms with Crippen LogP contribution in [0.2, 0.25) is 0 Å². The minimum absolute atomic E-state index is 0.190. The van der Waals surface area contributed by atoms with Crippen LogP contribution < -0.4 is 10.1 Å². The molecule has 0 atom stereocenters. The highest BCUT2D eigenvalue weighted by Crippen LogP contribution is 2.34. The molecule has 0 saturated carbocycles. The zero-order valence-electron chi connectivity index (χ0n) is 15.6. The molecule has 0 aromatic heterocycles. The number of ether oxygens (including phenoxy) is 2. The molecule has 1 fully saturated rings. The van der Waals surface area contributed by atoms with Crippen LogP contribution in [0, 0.1) is 9.39 Å². The van der Waals surface area contributed by atoms with Gasteiger partial charge >= 0.3 is 5.97 Å². The van der Waals surface area contributed by atoms with Crippen molar-refractivity contribution >= 4 is 79.1 Å². The molecule has 2 aromatic rings. The predicted octanol–water partition coefficient (Wildman–Crippen LogP) is 5.03. The van der Waals surface area contributed by atoms with E-state index in [0.717, 1.165) is 9.13 Å². The van der Waals surface area contributed by atoms with Gasteiger partial charge in [0, 0.05) is 0 Å². The number of carbonyl (C=O) groups excluding carboxylic acids is 2. The number of amides is 1. The Morgan fingerprint density at radius 2 is 2.07 bits per heavy atom. The Hall–Kier alpha value is -1.92. The minimum atomic E-state index is -0.446. The quantitative estimate of drug-likeness (QED) is 0.284. The van der Waals surface area contributed by atoms with Crippen molar-refractivity contribution in [2.75, 3.05) is 13.2 Å². The van der Waals surface area contributed by atoms with Crippen LogP contribution in [0.25, 0.3) is 6.08 Å². The number of nitrogens with one attached hydrogen (secondary N) is 1. The summed E-state index contributed by atoms with van der Waals surface area (Å²) in [4.78, 5) is 28.6. The molecule has 10 heteroatoms. The summed E-state index contributed by atoms with van der Waals surface area (Å²) in [5.74, 6) is -0.543. The maximum atomic E-state index is 13.0. The van der Waals surface area contributed by atoms with Gasteiger partial charge in [0.1, 0.15) is 11.6 Å². The number of aliphatic imine (C=N–C) groups is 1. The molecule has 0 unspecified atom stereocenters. The molecular formula is C20H15BrFIN2O4S. The molecule has 1 amide bonds. The van der Waals surface area contributed by atoms with Gasteiger partial charge in [0.15, 0.2) is 11.8 Å². The summed E-state index contributed by atoms with van der Waals surface area (Å²) >= 11 is 6.73. The first-order chi connectivity index (χ1) is 14.4. The van der Waals surface area contributed by atoms with Gasteiger partial charge in [-0.15, -0.1) is 0 Å². The van der Waals surface area contributed by atoms with Crippen LogP contribution in [0.3, 0.4) is 0 Å². The smallest absolute Gasteiger partial charge is 0.344 e. The maximum absolute atomic E-state index is 13.0. The fourth-order valence-corrected chi connectivity index (χ4v) is 5.01. The third kappa shape index (κ3) is 6.05. The number of hydrogen-bond acceptors (Lipinski definition) is 6. The molecule has 0 radical (unpaired) electrons. The highest BCUT2D eigenvalue weighted by Gasteiger charge is 2.24. The Balaban J connectivity index is 1.75. The highest BCUT2D eigenvalue weighted by molar-refractivity contribution is 14.1. The van der Waals surface area contributed by atoms with E-state index >= 15 is 0 Å². The van der Waals surface area contributed by atoms with E-state index in [9.17, 15) is 14.0 Å². The minimum Gasteiger partial charge on any atom is -0.480 e. The van der Waals surface area contributed by atoms with Crippen LogP contribution in [-0.2, 0) is 14.3 Å². The van der Waals surface area contributed by atoms with Crippen molar-refractivity contribution in [1.82, 2.24) is 5.32 Å². The largest absolute Gasteiger partial charge is 0.480 e. The number of benzene rings is 2. The third-order valence-electron chi connectivity index (χ3n) is 3.67. The lowest BCUT2D eigenvalue weighted by Crippen LogP contribution is -2.19. The molecule has 30 heavy (non-hydrogen) atoms. The first-order valence-corrected chi connectivity index (χ1v) is 11.4. The lowest BCUT2D eigenvalue weighted by molar-refractivity contribution is -0.145. The maximum Gasteiger partial charge on any atom is 0.344 e. The van der Waals surface area contributed by atoms with E-state index in [2.05, 4.69) is 48.8 Å². The fourth-order valence-electron chi connectivity index (χ4n) is 2.40. The van der Waals surface area contributed by atoms with Gasteiger partial charge in [0.05, 0.1) is 25.2 Å². The highest BCUT2D eigenvalue weighted by atomic mass is 127. The van der Waals surface area contributed by atoms with Gasteiger partial charge < -0.3 is 14.8 Å². The number of esters is 1. The van der Waals surface area contributed by atoms with E-state index in [4.69, 9.17) is 9.47 Å².